The lowest BCUT2D eigenvalue weighted by molar-refractivity contribution is 0.0919. The molecule has 2 unspecified atom stereocenters. The van der Waals surface area contributed by atoms with Crippen molar-refractivity contribution in [3.8, 4) is 0 Å². The maximum absolute atomic E-state index is 11.5. The number of piperidine rings is 1. The zero-order chi connectivity index (χ0) is 13.1. The first-order valence-corrected chi connectivity index (χ1v) is 6.41. The first kappa shape index (κ1) is 13.1. The Labute approximate surface area is 107 Å². The maximum atomic E-state index is 11.5. The lowest BCUT2D eigenvalue weighted by atomic mass is 9.88. The van der Waals surface area contributed by atoms with Crippen molar-refractivity contribution in [3.05, 3.63) is 23.7 Å². The standard InChI is InChI=1S/C13H21N3O2/c1-9-3-5-16(7-10(9)2)8-11-4-6-18-12(11)13(17)15-14/h4,6,9-10H,3,5,7-8,14H2,1-2H3,(H,15,17). The van der Waals surface area contributed by atoms with E-state index in [0.717, 1.165) is 31.1 Å². The van der Waals surface area contributed by atoms with Crippen LogP contribution in [0.25, 0.3) is 0 Å². The number of amides is 1. The number of hydrogen-bond donors (Lipinski definition) is 2. The van der Waals surface area contributed by atoms with Gasteiger partial charge in [0.15, 0.2) is 5.76 Å². The highest BCUT2D eigenvalue weighted by molar-refractivity contribution is 5.92. The number of hydrazine groups is 1. The molecule has 1 aromatic rings. The lowest BCUT2D eigenvalue weighted by Gasteiger charge is -2.35. The third kappa shape index (κ3) is 2.73. The number of nitrogens with zero attached hydrogens (tertiary/aromatic N) is 1. The van der Waals surface area contributed by atoms with Gasteiger partial charge in [-0.15, -0.1) is 0 Å². The van der Waals surface area contributed by atoms with Gasteiger partial charge in [-0.25, -0.2) is 5.84 Å². The fraction of sp³-hybridized carbons (Fsp3) is 0.615. The SMILES string of the molecule is CC1CCN(Cc2ccoc2C(=O)NN)CC1C. The smallest absolute Gasteiger partial charge is 0.301 e. The summed E-state index contributed by atoms with van der Waals surface area (Å²) in [7, 11) is 0. The predicted molar refractivity (Wildman–Crippen MR) is 68.6 cm³/mol. The number of furan rings is 1. The molecule has 0 saturated carbocycles. The zero-order valence-electron chi connectivity index (χ0n) is 11.0. The van der Waals surface area contributed by atoms with Crippen molar-refractivity contribution in [3.63, 3.8) is 0 Å². The summed E-state index contributed by atoms with van der Waals surface area (Å²) in [6.07, 6.45) is 2.74. The van der Waals surface area contributed by atoms with E-state index in [0.29, 0.717) is 11.7 Å². The van der Waals surface area contributed by atoms with Crippen molar-refractivity contribution in [2.75, 3.05) is 13.1 Å². The first-order valence-electron chi connectivity index (χ1n) is 6.41. The summed E-state index contributed by atoms with van der Waals surface area (Å²) in [5.41, 5.74) is 3.01. The topological polar surface area (TPSA) is 71.5 Å². The fourth-order valence-electron chi connectivity index (χ4n) is 2.46. The van der Waals surface area contributed by atoms with Crippen molar-refractivity contribution >= 4 is 5.91 Å². The van der Waals surface area contributed by atoms with Crippen LogP contribution in [0.3, 0.4) is 0 Å². The van der Waals surface area contributed by atoms with Crippen molar-refractivity contribution in [2.24, 2.45) is 17.7 Å². The Morgan fingerprint density at radius 3 is 3.00 bits per heavy atom. The number of carbonyl (C=O) groups is 1. The van der Waals surface area contributed by atoms with E-state index in [1.54, 1.807) is 0 Å². The van der Waals surface area contributed by atoms with E-state index in [1.165, 1.54) is 12.7 Å². The van der Waals surface area contributed by atoms with Crippen molar-refractivity contribution in [1.82, 2.24) is 10.3 Å². The van der Waals surface area contributed by atoms with Crippen molar-refractivity contribution < 1.29 is 9.21 Å². The molecular weight excluding hydrogens is 230 g/mol. The van der Waals surface area contributed by atoms with Crippen molar-refractivity contribution in [1.29, 1.82) is 0 Å². The van der Waals surface area contributed by atoms with Gasteiger partial charge in [0.05, 0.1) is 6.26 Å². The minimum atomic E-state index is -0.367. The highest BCUT2D eigenvalue weighted by Gasteiger charge is 2.24. The molecule has 18 heavy (non-hydrogen) atoms. The molecule has 5 nitrogen and oxygen atoms in total. The summed E-state index contributed by atoms with van der Waals surface area (Å²) in [5.74, 6) is 6.56. The Morgan fingerprint density at radius 1 is 1.56 bits per heavy atom. The molecule has 3 N–H and O–H groups in total. The molecule has 2 atom stereocenters. The summed E-state index contributed by atoms with van der Waals surface area (Å²) in [6, 6.07) is 1.84. The van der Waals surface area contributed by atoms with Crippen LogP contribution in [0, 0.1) is 11.8 Å². The molecule has 1 saturated heterocycles. The fourth-order valence-corrected chi connectivity index (χ4v) is 2.46. The minimum Gasteiger partial charge on any atom is -0.459 e. The summed E-state index contributed by atoms with van der Waals surface area (Å²) in [5, 5.41) is 0. The molecule has 0 radical (unpaired) electrons. The van der Waals surface area contributed by atoms with Crippen LogP contribution in [0.15, 0.2) is 16.7 Å². The van der Waals surface area contributed by atoms with Crippen LogP contribution < -0.4 is 11.3 Å². The lowest BCUT2D eigenvalue weighted by Crippen LogP contribution is -2.38. The van der Waals surface area contributed by atoms with Crippen LogP contribution in [0.1, 0.15) is 36.4 Å². The number of carbonyl (C=O) groups excluding carboxylic acids is 1. The van der Waals surface area contributed by atoms with Gasteiger partial charge >= 0.3 is 5.91 Å². The van der Waals surface area contributed by atoms with Crippen LogP contribution in [0.4, 0.5) is 0 Å². The van der Waals surface area contributed by atoms with E-state index in [4.69, 9.17) is 10.3 Å². The molecule has 2 rings (SSSR count). The third-order valence-corrected chi connectivity index (χ3v) is 3.90. The van der Waals surface area contributed by atoms with Gasteiger partial charge in [0.2, 0.25) is 0 Å². The number of likely N-dealkylation sites (tertiary alicyclic amines) is 1. The van der Waals surface area contributed by atoms with Gasteiger partial charge in [-0.1, -0.05) is 13.8 Å². The second-order valence-electron chi connectivity index (χ2n) is 5.23. The first-order chi connectivity index (χ1) is 8.61. The van der Waals surface area contributed by atoms with E-state index < -0.39 is 0 Å². The summed E-state index contributed by atoms with van der Waals surface area (Å²) < 4.78 is 5.19. The molecule has 1 fully saturated rings. The molecule has 0 spiro atoms. The molecule has 1 aromatic heterocycles. The van der Waals surface area contributed by atoms with E-state index in [-0.39, 0.29) is 5.91 Å². The summed E-state index contributed by atoms with van der Waals surface area (Å²) >= 11 is 0. The van der Waals surface area contributed by atoms with Crippen molar-refractivity contribution in [2.45, 2.75) is 26.8 Å². The van der Waals surface area contributed by atoms with Gasteiger partial charge in [0, 0.05) is 18.7 Å². The van der Waals surface area contributed by atoms with E-state index in [2.05, 4.69) is 24.2 Å². The maximum Gasteiger partial charge on any atom is 0.301 e. The summed E-state index contributed by atoms with van der Waals surface area (Å²) in [4.78, 5) is 13.9. The molecule has 0 aromatic carbocycles. The number of nitrogen functional groups attached to an aromatic ring is 1. The van der Waals surface area contributed by atoms with Gasteiger partial charge in [0.1, 0.15) is 0 Å². The van der Waals surface area contributed by atoms with Gasteiger partial charge < -0.3 is 4.42 Å². The largest absolute Gasteiger partial charge is 0.459 e. The molecule has 2 heterocycles. The second kappa shape index (κ2) is 5.54. The molecule has 100 valence electrons. The number of hydrogen-bond acceptors (Lipinski definition) is 4. The zero-order valence-corrected chi connectivity index (χ0v) is 11.0. The average Bonchev–Trinajstić information content (AvgIpc) is 2.81. The van der Waals surface area contributed by atoms with E-state index in [9.17, 15) is 4.79 Å². The second-order valence-corrected chi connectivity index (χ2v) is 5.23. The molecule has 1 aliphatic rings. The van der Waals surface area contributed by atoms with Crippen LogP contribution >= 0.6 is 0 Å². The molecule has 1 aliphatic heterocycles. The van der Waals surface area contributed by atoms with Gasteiger partial charge in [-0.05, 0) is 30.9 Å². The highest BCUT2D eigenvalue weighted by atomic mass is 16.3. The Kier molecular flexibility index (Phi) is 4.04. The Bertz CT molecular complexity index is 416. The minimum absolute atomic E-state index is 0.323. The predicted octanol–water partition coefficient (Wildman–Crippen LogP) is 1.36. The highest BCUT2D eigenvalue weighted by Crippen LogP contribution is 2.24. The number of nitrogens with two attached hydrogens (primary N) is 1. The quantitative estimate of drug-likeness (QED) is 0.483. The van der Waals surface area contributed by atoms with Gasteiger partial charge in [0.25, 0.3) is 0 Å². The summed E-state index contributed by atoms with van der Waals surface area (Å²) in [6.45, 7) is 7.46. The molecule has 0 bridgehead atoms. The Balaban J connectivity index is 2.02. The average molecular weight is 251 g/mol. The van der Waals surface area contributed by atoms with Gasteiger partial charge in [-0.2, -0.15) is 0 Å². The van der Waals surface area contributed by atoms with Gasteiger partial charge in [-0.3, -0.25) is 15.1 Å². The van der Waals surface area contributed by atoms with Crippen LogP contribution in [-0.2, 0) is 6.54 Å². The number of rotatable bonds is 3. The molecule has 0 aliphatic carbocycles. The third-order valence-electron chi connectivity index (χ3n) is 3.90. The Hall–Kier alpha value is -1.33. The molecule has 1 amide bonds. The molecule has 5 heteroatoms. The van der Waals surface area contributed by atoms with E-state index in [1.807, 2.05) is 6.07 Å². The monoisotopic (exact) mass is 251 g/mol. The molecular formula is C13H21N3O2. The van der Waals surface area contributed by atoms with Crippen LogP contribution in [0.2, 0.25) is 0 Å². The number of nitrogens with one attached hydrogen (secondary N) is 1. The normalized spacial score (nSPS) is 25.1. The van der Waals surface area contributed by atoms with Crippen LogP contribution in [0.5, 0.6) is 0 Å². The van der Waals surface area contributed by atoms with E-state index >= 15 is 0 Å². The Morgan fingerprint density at radius 2 is 2.33 bits per heavy atom. The van der Waals surface area contributed by atoms with Crippen LogP contribution in [-0.4, -0.2) is 23.9 Å².